The molecular weight excluding hydrogens is 223 g/mol. The summed E-state index contributed by atoms with van der Waals surface area (Å²) >= 11 is 4.15. The fraction of sp³-hybridized carbons (Fsp3) is 0.538. The molecular formula is C13H19FOS. The molecule has 0 amide bonds. The second kappa shape index (κ2) is 8.59. The highest BCUT2D eigenvalue weighted by Crippen LogP contribution is 2.08. The maximum Gasteiger partial charge on any atom is 0.128 e. The van der Waals surface area contributed by atoms with Crippen molar-refractivity contribution in [1.82, 2.24) is 0 Å². The van der Waals surface area contributed by atoms with Crippen LogP contribution in [0, 0.1) is 5.82 Å². The van der Waals surface area contributed by atoms with E-state index in [0.29, 0.717) is 18.8 Å². The van der Waals surface area contributed by atoms with Gasteiger partial charge in [0.2, 0.25) is 0 Å². The number of ether oxygens (including phenoxy) is 1. The molecule has 1 rings (SSSR count). The van der Waals surface area contributed by atoms with Gasteiger partial charge in [0.05, 0.1) is 6.61 Å². The highest BCUT2D eigenvalue weighted by atomic mass is 32.1. The average molecular weight is 242 g/mol. The molecule has 3 heteroatoms. The SMILES string of the molecule is Fc1ccccc1COCCCCCCS. The van der Waals surface area contributed by atoms with Gasteiger partial charge in [0.25, 0.3) is 0 Å². The topological polar surface area (TPSA) is 9.23 Å². The molecule has 0 aliphatic heterocycles. The zero-order valence-corrected chi connectivity index (χ0v) is 10.4. The Morgan fingerprint density at radius 1 is 1.06 bits per heavy atom. The molecule has 0 radical (unpaired) electrons. The molecule has 90 valence electrons. The quantitative estimate of drug-likeness (QED) is 0.538. The lowest BCUT2D eigenvalue weighted by atomic mass is 10.2. The van der Waals surface area contributed by atoms with E-state index in [2.05, 4.69) is 12.6 Å². The third kappa shape index (κ3) is 5.52. The van der Waals surface area contributed by atoms with Crippen LogP contribution < -0.4 is 0 Å². The van der Waals surface area contributed by atoms with Crippen molar-refractivity contribution < 1.29 is 9.13 Å². The van der Waals surface area contributed by atoms with Crippen LogP contribution in [0.15, 0.2) is 24.3 Å². The van der Waals surface area contributed by atoms with Crippen LogP contribution in [0.2, 0.25) is 0 Å². The number of hydrogen-bond acceptors (Lipinski definition) is 2. The Balaban J connectivity index is 2.05. The molecule has 1 aromatic rings. The Labute approximate surface area is 102 Å². The summed E-state index contributed by atoms with van der Waals surface area (Å²) in [6, 6.07) is 6.74. The Morgan fingerprint density at radius 3 is 2.56 bits per heavy atom. The summed E-state index contributed by atoms with van der Waals surface area (Å²) in [6.45, 7) is 1.08. The molecule has 0 saturated heterocycles. The van der Waals surface area contributed by atoms with E-state index in [1.54, 1.807) is 12.1 Å². The van der Waals surface area contributed by atoms with Crippen LogP contribution in [-0.4, -0.2) is 12.4 Å². The number of halogens is 1. The van der Waals surface area contributed by atoms with Gasteiger partial charge in [0.1, 0.15) is 5.82 Å². The third-order valence-electron chi connectivity index (χ3n) is 2.41. The number of thiol groups is 1. The van der Waals surface area contributed by atoms with Gasteiger partial charge < -0.3 is 4.74 Å². The summed E-state index contributed by atoms with van der Waals surface area (Å²) in [5.74, 6) is 0.772. The summed E-state index contributed by atoms with van der Waals surface area (Å²) in [7, 11) is 0. The molecule has 0 saturated carbocycles. The molecule has 0 fully saturated rings. The Bertz CT molecular complexity index is 291. The van der Waals surface area contributed by atoms with Crippen LogP contribution in [0.3, 0.4) is 0 Å². The first kappa shape index (κ1) is 13.5. The lowest BCUT2D eigenvalue weighted by Crippen LogP contribution is -1.97. The highest BCUT2D eigenvalue weighted by molar-refractivity contribution is 7.80. The second-order valence-corrected chi connectivity index (χ2v) is 4.23. The molecule has 0 atom stereocenters. The first-order valence-electron chi connectivity index (χ1n) is 5.76. The molecule has 0 unspecified atom stereocenters. The van der Waals surface area contributed by atoms with E-state index in [1.807, 2.05) is 6.07 Å². The van der Waals surface area contributed by atoms with E-state index in [4.69, 9.17) is 4.74 Å². The van der Waals surface area contributed by atoms with Crippen molar-refractivity contribution in [3.63, 3.8) is 0 Å². The first-order valence-corrected chi connectivity index (χ1v) is 6.40. The van der Waals surface area contributed by atoms with E-state index in [1.165, 1.54) is 12.5 Å². The average Bonchev–Trinajstić information content (AvgIpc) is 2.30. The lowest BCUT2D eigenvalue weighted by Gasteiger charge is -2.05. The third-order valence-corrected chi connectivity index (χ3v) is 2.73. The highest BCUT2D eigenvalue weighted by Gasteiger charge is 1.99. The van der Waals surface area contributed by atoms with Crippen LogP contribution >= 0.6 is 12.6 Å². The van der Waals surface area contributed by atoms with Crippen LogP contribution in [0.25, 0.3) is 0 Å². The van der Waals surface area contributed by atoms with Gasteiger partial charge >= 0.3 is 0 Å². The summed E-state index contributed by atoms with van der Waals surface area (Å²) in [6.07, 6.45) is 4.57. The van der Waals surface area contributed by atoms with Gasteiger partial charge in [-0.3, -0.25) is 0 Å². The molecule has 16 heavy (non-hydrogen) atoms. The van der Waals surface area contributed by atoms with Crippen molar-refractivity contribution in [2.24, 2.45) is 0 Å². The minimum absolute atomic E-state index is 0.183. The number of unbranched alkanes of at least 4 members (excludes halogenated alkanes) is 3. The zero-order chi connectivity index (χ0) is 11.6. The van der Waals surface area contributed by atoms with Crippen molar-refractivity contribution in [2.75, 3.05) is 12.4 Å². The van der Waals surface area contributed by atoms with Crippen molar-refractivity contribution in [2.45, 2.75) is 32.3 Å². The Morgan fingerprint density at radius 2 is 1.81 bits per heavy atom. The summed E-state index contributed by atoms with van der Waals surface area (Å²) in [4.78, 5) is 0. The monoisotopic (exact) mass is 242 g/mol. The molecule has 0 aromatic heterocycles. The normalized spacial score (nSPS) is 10.6. The van der Waals surface area contributed by atoms with Crippen LogP contribution in [0.1, 0.15) is 31.2 Å². The van der Waals surface area contributed by atoms with Crippen LogP contribution in [-0.2, 0) is 11.3 Å². The fourth-order valence-electron chi connectivity index (χ4n) is 1.47. The van der Waals surface area contributed by atoms with Crippen LogP contribution in [0.4, 0.5) is 4.39 Å². The minimum atomic E-state index is -0.183. The molecule has 1 aromatic carbocycles. The summed E-state index contributed by atoms with van der Waals surface area (Å²) in [5, 5.41) is 0. The second-order valence-electron chi connectivity index (χ2n) is 3.78. The standard InChI is InChI=1S/C13H19FOS/c14-13-8-4-3-7-12(13)11-15-9-5-1-2-6-10-16/h3-4,7-8,16H,1-2,5-6,9-11H2. The minimum Gasteiger partial charge on any atom is -0.377 e. The molecule has 0 spiro atoms. The van der Waals surface area contributed by atoms with Crippen LogP contribution in [0.5, 0.6) is 0 Å². The number of hydrogen-bond donors (Lipinski definition) is 1. The number of benzene rings is 1. The maximum atomic E-state index is 13.2. The fourth-order valence-corrected chi connectivity index (χ4v) is 1.69. The van der Waals surface area contributed by atoms with E-state index in [0.717, 1.165) is 25.0 Å². The van der Waals surface area contributed by atoms with Gasteiger partial charge in [0.15, 0.2) is 0 Å². The Hall–Kier alpha value is -0.540. The van der Waals surface area contributed by atoms with E-state index >= 15 is 0 Å². The Kier molecular flexibility index (Phi) is 7.26. The first-order chi connectivity index (χ1) is 7.84. The summed E-state index contributed by atoms with van der Waals surface area (Å²) < 4.78 is 18.6. The van der Waals surface area contributed by atoms with Gasteiger partial charge in [-0.2, -0.15) is 12.6 Å². The van der Waals surface area contributed by atoms with E-state index in [9.17, 15) is 4.39 Å². The molecule has 0 aliphatic rings. The summed E-state index contributed by atoms with van der Waals surface area (Å²) in [5.41, 5.74) is 0.637. The van der Waals surface area contributed by atoms with Crippen molar-refractivity contribution >= 4 is 12.6 Å². The van der Waals surface area contributed by atoms with Gasteiger partial charge in [0, 0.05) is 12.2 Å². The van der Waals surface area contributed by atoms with Crippen molar-refractivity contribution in [3.05, 3.63) is 35.6 Å². The van der Waals surface area contributed by atoms with Gasteiger partial charge in [-0.05, 0) is 24.7 Å². The lowest BCUT2D eigenvalue weighted by molar-refractivity contribution is 0.114. The predicted octanol–water partition coefficient (Wildman–Crippen LogP) is 3.83. The molecule has 0 aliphatic carbocycles. The maximum absolute atomic E-state index is 13.2. The smallest absolute Gasteiger partial charge is 0.128 e. The van der Waals surface area contributed by atoms with Crippen molar-refractivity contribution in [3.8, 4) is 0 Å². The molecule has 0 bridgehead atoms. The van der Waals surface area contributed by atoms with Crippen molar-refractivity contribution in [1.29, 1.82) is 0 Å². The van der Waals surface area contributed by atoms with Gasteiger partial charge in [-0.25, -0.2) is 4.39 Å². The largest absolute Gasteiger partial charge is 0.377 e. The van der Waals surface area contributed by atoms with Gasteiger partial charge in [-0.1, -0.05) is 31.0 Å². The number of rotatable bonds is 8. The van der Waals surface area contributed by atoms with Gasteiger partial charge in [-0.15, -0.1) is 0 Å². The zero-order valence-electron chi connectivity index (χ0n) is 9.49. The van der Waals surface area contributed by atoms with E-state index in [-0.39, 0.29) is 5.82 Å². The predicted molar refractivity (Wildman–Crippen MR) is 68.4 cm³/mol. The molecule has 1 nitrogen and oxygen atoms in total. The molecule has 0 N–H and O–H groups in total. The molecule has 0 heterocycles. The van der Waals surface area contributed by atoms with E-state index < -0.39 is 0 Å².